The molecule has 4 nitrogen and oxygen atoms in total. The highest BCUT2D eigenvalue weighted by atomic mass is 79.9. The van der Waals surface area contributed by atoms with E-state index < -0.39 is 0 Å². The third kappa shape index (κ3) is 3.26. The molecule has 1 aromatic rings. The number of benzene rings is 1. The summed E-state index contributed by atoms with van der Waals surface area (Å²) in [7, 11) is 0. The fourth-order valence-electron chi connectivity index (χ4n) is 6.27. The number of carbonyl (C=O) groups is 1. The summed E-state index contributed by atoms with van der Waals surface area (Å²) in [6.07, 6.45) is 3.16. The molecular formula is C22H31BrN2O2. The molecule has 2 unspecified atom stereocenters. The minimum Gasteiger partial charge on any atom is -0.373 e. The van der Waals surface area contributed by atoms with Gasteiger partial charge in [-0.15, -0.1) is 0 Å². The summed E-state index contributed by atoms with van der Waals surface area (Å²) < 4.78 is 7.45. The summed E-state index contributed by atoms with van der Waals surface area (Å²) in [4.78, 5) is 12.3. The second kappa shape index (κ2) is 6.85. The van der Waals surface area contributed by atoms with Crippen LogP contribution in [-0.2, 0) is 9.53 Å². The van der Waals surface area contributed by atoms with Crippen LogP contribution in [0.3, 0.4) is 0 Å². The number of amides is 1. The van der Waals surface area contributed by atoms with Crippen LogP contribution in [0.4, 0.5) is 0 Å². The molecule has 1 amide bonds. The monoisotopic (exact) mass is 434 g/mol. The maximum absolute atomic E-state index is 12.3. The molecule has 2 saturated heterocycles. The molecule has 1 aromatic carbocycles. The maximum Gasteiger partial charge on any atom is 0.217 e. The number of halogens is 1. The van der Waals surface area contributed by atoms with Crippen LogP contribution in [0.1, 0.15) is 58.6 Å². The van der Waals surface area contributed by atoms with Crippen molar-refractivity contribution in [1.29, 1.82) is 0 Å². The highest BCUT2D eigenvalue weighted by Crippen LogP contribution is 2.56. The molecule has 1 saturated carbocycles. The van der Waals surface area contributed by atoms with Crippen LogP contribution >= 0.6 is 15.9 Å². The molecule has 148 valence electrons. The number of ether oxygens (including phenoxy) is 1. The summed E-state index contributed by atoms with van der Waals surface area (Å²) in [6, 6.07) is 8.84. The molecule has 0 aromatic heterocycles. The van der Waals surface area contributed by atoms with Crippen LogP contribution in [0, 0.1) is 17.8 Å². The van der Waals surface area contributed by atoms with Crippen LogP contribution in [0.25, 0.3) is 0 Å². The van der Waals surface area contributed by atoms with Crippen molar-refractivity contribution in [2.75, 3.05) is 6.61 Å². The van der Waals surface area contributed by atoms with Crippen molar-refractivity contribution < 1.29 is 9.53 Å². The first kappa shape index (κ1) is 19.4. The van der Waals surface area contributed by atoms with Gasteiger partial charge in [-0.3, -0.25) is 4.79 Å². The predicted molar refractivity (Wildman–Crippen MR) is 110 cm³/mol. The van der Waals surface area contributed by atoms with Gasteiger partial charge in [0.1, 0.15) is 0 Å². The van der Waals surface area contributed by atoms with E-state index in [1.54, 1.807) is 6.92 Å². The smallest absolute Gasteiger partial charge is 0.217 e. The van der Waals surface area contributed by atoms with Gasteiger partial charge >= 0.3 is 0 Å². The van der Waals surface area contributed by atoms with Crippen LogP contribution in [0.2, 0.25) is 0 Å². The molecule has 2 bridgehead atoms. The van der Waals surface area contributed by atoms with Gasteiger partial charge in [-0.2, -0.15) is 0 Å². The lowest BCUT2D eigenvalue weighted by atomic mass is 9.52. The van der Waals surface area contributed by atoms with Gasteiger partial charge in [0.05, 0.1) is 11.6 Å². The zero-order valence-corrected chi connectivity index (χ0v) is 18.3. The second-order valence-electron chi connectivity index (χ2n) is 9.35. The molecule has 3 aliphatic rings. The van der Waals surface area contributed by atoms with E-state index in [4.69, 9.17) is 4.74 Å². The number of hydrogen-bond donors (Lipinski definition) is 2. The van der Waals surface area contributed by atoms with E-state index in [1.807, 2.05) is 0 Å². The summed E-state index contributed by atoms with van der Waals surface area (Å²) in [5, 5.41) is 7.31. The Morgan fingerprint density at radius 2 is 2.04 bits per heavy atom. The van der Waals surface area contributed by atoms with Crippen LogP contribution < -0.4 is 10.6 Å². The fourth-order valence-corrected chi connectivity index (χ4v) is 6.69. The average Bonchev–Trinajstić information content (AvgIpc) is 2.58. The molecular weight excluding hydrogens is 404 g/mol. The Kier molecular flexibility index (Phi) is 4.93. The van der Waals surface area contributed by atoms with E-state index in [2.05, 4.69) is 71.6 Å². The van der Waals surface area contributed by atoms with Crippen molar-refractivity contribution in [3.8, 4) is 0 Å². The molecule has 2 heterocycles. The second-order valence-corrected chi connectivity index (χ2v) is 10.3. The predicted octanol–water partition coefficient (Wildman–Crippen LogP) is 4.20. The molecule has 0 spiro atoms. The highest BCUT2D eigenvalue weighted by Gasteiger charge is 2.60. The summed E-state index contributed by atoms with van der Waals surface area (Å²) in [5.41, 5.74) is 1.12. The maximum atomic E-state index is 12.3. The van der Waals surface area contributed by atoms with Gasteiger partial charge in [0.15, 0.2) is 0 Å². The number of fused-ring (bicyclic) bond motifs is 4. The largest absolute Gasteiger partial charge is 0.373 e. The van der Waals surface area contributed by atoms with E-state index in [0.29, 0.717) is 24.5 Å². The molecule has 3 fully saturated rings. The standard InChI is InChI=1S/C22H31BrN2O2/c1-13-18-11-16(21(3,4)24-13)12-19-20(15-6-5-7-17(23)10-15)27-9-8-22(18,19)25-14(2)26/h5-7,10,13,16,18-20,24H,8-9,11-12H2,1-4H3,(H,25,26)/t13-,16?,18?,19+,20+,22+/m1/s1. The van der Waals surface area contributed by atoms with Crippen LogP contribution in [0.5, 0.6) is 0 Å². The van der Waals surface area contributed by atoms with E-state index in [0.717, 1.165) is 17.3 Å². The molecule has 0 radical (unpaired) electrons. The van der Waals surface area contributed by atoms with E-state index in [-0.39, 0.29) is 29.0 Å². The number of nitrogens with one attached hydrogen (secondary N) is 2. The van der Waals surface area contributed by atoms with Gasteiger partial charge < -0.3 is 15.4 Å². The first-order valence-electron chi connectivity index (χ1n) is 10.2. The fraction of sp³-hybridized carbons (Fsp3) is 0.682. The first-order chi connectivity index (χ1) is 12.7. The molecule has 2 aliphatic heterocycles. The lowest BCUT2D eigenvalue weighted by Gasteiger charge is -2.63. The first-order valence-corrected chi connectivity index (χ1v) is 11.0. The van der Waals surface area contributed by atoms with Crippen molar-refractivity contribution in [2.24, 2.45) is 17.8 Å². The lowest BCUT2D eigenvalue weighted by molar-refractivity contribution is -0.160. The molecule has 2 N–H and O–H groups in total. The van der Waals surface area contributed by atoms with Gasteiger partial charge in [-0.05, 0) is 69.6 Å². The SMILES string of the molecule is CC(=O)N[C@]12CCO[C@@H](c3cccc(Br)c3)[C@@H]1CC1CC2[C@@H](C)NC1(C)C. The Morgan fingerprint density at radius 1 is 1.30 bits per heavy atom. The molecule has 1 aliphatic carbocycles. The average molecular weight is 435 g/mol. The molecule has 5 heteroatoms. The summed E-state index contributed by atoms with van der Waals surface area (Å²) >= 11 is 3.61. The van der Waals surface area contributed by atoms with E-state index in [9.17, 15) is 4.79 Å². The zero-order chi connectivity index (χ0) is 19.4. The third-order valence-electron chi connectivity index (χ3n) is 7.39. The summed E-state index contributed by atoms with van der Waals surface area (Å²) in [6.45, 7) is 9.29. The third-order valence-corrected chi connectivity index (χ3v) is 7.88. The minimum absolute atomic E-state index is 0.0227. The Bertz CT molecular complexity index is 737. The number of piperidine rings is 1. The normalized spacial score (nSPS) is 40.1. The van der Waals surface area contributed by atoms with Gasteiger partial charge in [0, 0.05) is 35.5 Å². The van der Waals surface area contributed by atoms with Crippen molar-refractivity contribution in [3.63, 3.8) is 0 Å². The number of rotatable bonds is 2. The van der Waals surface area contributed by atoms with E-state index >= 15 is 0 Å². The highest BCUT2D eigenvalue weighted by molar-refractivity contribution is 9.10. The molecule has 4 rings (SSSR count). The van der Waals surface area contributed by atoms with Gasteiger partial charge in [0.25, 0.3) is 0 Å². The Labute approximate surface area is 170 Å². The van der Waals surface area contributed by atoms with E-state index in [1.165, 1.54) is 12.0 Å². The van der Waals surface area contributed by atoms with Gasteiger partial charge in [-0.25, -0.2) is 0 Å². The van der Waals surface area contributed by atoms with Crippen molar-refractivity contribution in [2.45, 2.75) is 70.2 Å². The number of carbonyl (C=O) groups excluding carboxylic acids is 1. The Morgan fingerprint density at radius 3 is 2.74 bits per heavy atom. The van der Waals surface area contributed by atoms with Crippen molar-refractivity contribution >= 4 is 21.8 Å². The molecule has 27 heavy (non-hydrogen) atoms. The molecule has 6 atom stereocenters. The minimum atomic E-state index is -0.198. The van der Waals surface area contributed by atoms with Crippen molar-refractivity contribution in [1.82, 2.24) is 10.6 Å². The van der Waals surface area contributed by atoms with Gasteiger partial charge in [0.2, 0.25) is 5.91 Å². The van der Waals surface area contributed by atoms with Gasteiger partial charge in [-0.1, -0.05) is 28.1 Å². The zero-order valence-electron chi connectivity index (χ0n) is 16.7. The van der Waals surface area contributed by atoms with Crippen LogP contribution in [-0.4, -0.2) is 29.6 Å². The lowest BCUT2D eigenvalue weighted by Crippen LogP contribution is -2.73. The summed E-state index contributed by atoms with van der Waals surface area (Å²) in [5.74, 6) is 1.38. The Hall–Kier alpha value is -0.910. The quantitative estimate of drug-likeness (QED) is 0.732. The van der Waals surface area contributed by atoms with Crippen LogP contribution in [0.15, 0.2) is 28.7 Å². The Balaban J connectivity index is 1.79. The van der Waals surface area contributed by atoms with Crippen molar-refractivity contribution in [3.05, 3.63) is 34.3 Å². The number of hydrogen-bond acceptors (Lipinski definition) is 3. The topological polar surface area (TPSA) is 50.4 Å².